The zero-order valence-corrected chi connectivity index (χ0v) is 16.7. The summed E-state index contributed by atoms with van der Waals surface area (Å²) in [5.41, 5.74) is 5.37. The molecule has 0 saturated heterocycles. The number of anilines is 4. The lowest BCUT2D eigenvalue weighted by Gasteiger charge is -2.14. The van der Waals surface area contributed by atoms with Crippen molar-refractivity contribution < 1.29 is 4.79 Å². The van der Waals surface area contributed by atoms with Crippen molar-refractivity contribution in [2.24, 2.45) is 0 Å². The minimum Gasteiger partial charge on any atom is -0.378 e. The van der Waals surface area contributed by atoms with E-state index in [9.17, 15) is 4.79 Å². The van der Waals surface area contributed by atoms with Gasteiger partial charge in [0, 0.05) is 37.4 Å². The fraction of sp³-hybridized carbons (Fsp3) is 0.227. The molecule has 0 aliphatic rings. The molecule has 6 nitrogen and oxygen atoms in total. The second-order valence-corrected chi connectivity index (χ2v) is 6.75. The van der Waals surface area contributed by atoms with Gasteiger partial charge in [-0.3, -0.25) is 4.79 Å². The van der Waals surface area contributed by atoms with Crippen LogP contribution in [0.15, 0.2) is 54.7 Å². The number of carbonyl (C=O) groups is 1. The Kier molecular flexibility index (Phi) is 5.89. The average Bonchev–Trinajstić information content (AvgIpc) is 2.70. The molecule has 2 N–H and O–H groups in total. The SMILES string of the molecule is CCc1cccc(C)c1Nc1nccc(C(=O)Nc2ccc(N(C)C)cc2)n1. The average molecular weight is 375 g/mol. The Labute approximate surface area is 165 Å². The number of carbonyl (C=O) groups excluding carboxylic acids is 1. The lowest BCUT2D eigenvalue weighted by atomic mass is 10.1. The second kappa shape index (κ2) is 8.52. The largest absolute Gasteiger partial charge is 0.378 e. The van der Waals surface area contributed by atoms with Crippen LogP contribution < -0.4 is 15.5 Å². The number of para-hydroxylation sites is 1. The zero-order chi connectivity index (χ0) is 20.1. The van der Waals surface area contributed by atoms with Gasteiger partial charge in [-0.15, -0.1) is 0 Å². The molecule has 3 rings (SSSR count). The Balaban J connectivity index is 1.77. The molecule has 0 aliphatic carbocycles. The van der Waals surface area contributed by atoms with Gasteiger partial charge in [0.1, 0.15) is 5.69 Å². The van der Waals surface area contributed by atoms with Gasteiger partial charge < -0.3 is 15.5 Å². The lowest BCUT2D eigenvalue weighted by molar-refractivity contribution is 0.102. The molecule has 0 bridgehead atoms. The van der Waals surface area contributed by atoms with E-state index in [1.54, 1.807) is 12.3 Å². The number of hydrogen-bond donors (Lipinski definition) is 2. The molecule has 0 radical (unpaired) electrons. The molecule has 0 saturated carbocycles. The fourth-order valence-corrected chi connectivity index (χ4v) is 2.90. The topological polar surface area (TPSA) is 70.2 Å². The van der Waals surface area contributed by atoms with Gasteiger partial charge in [0.2, 0.25) is 5.95 Å². The molecule has 0 spiro atoms. The van der Waals surface area contributed by atoms with Gasteiger partial charge >= 0.3 is 0 Å². The Morgan fingerprint density at radius 2 is 1.82 bits per heavy atom. The molecule has 144 valence electrons. The van der Waals surface area contributed by atoms with Gasteiger partial charge in [0.05, 0.1) is 0 Å². The highest BCUT2D eigenvalue weighted by atomic mass is 16.1. The summed E-state index contributed by atoms with van der Waals surface area (Å²) in [4.78, 5) is 23.2. The van der Waals surface area contributed by atoms with E-state index in [2.05, 4.69) is 33.6 Å². The van der Waals surface area contributed by atoms with Crippen LogP contribution in [0.4, 0.5) is 23.0 Å². The second-order valence-electron chi connectivity index (χ2n) is 6.75. The number of aromatic nitrogens is 2. The summed E-state index contributed by atoms with van der Waals surface area (Å²) >= 11 is 0. The summed E-state index contributed by atoms with van der Waals surface area (Å²) in [5, 5.41) is 6.14. The molecule has 1 amide bonds. The first-order chi connectivity index (χ1) is 13.5. The minimum atomic E-state index is -0.274. The Bertz CT molecular complexity index is 967. The Morgan fingerprint density at radius 3 is 2.50 bits per heavy atom. The summed E-state index contributed by atoms with van der Waals surface area (Å²) in [7, 11) is 3.95. The predicted molar refractivity (Wildman–Crippen MR) is 115 cm³/mol. The number of nitrogens with zero attached hydrogens (tertiary/aromatic N) is 3. The van der Waals surface area contributed by atoms with Crippen LogP contribution in [0.1, 0.15) is 28.5 Å². The van der Waals surface area contributed by atoms with Crippen molar-refractivity contribution >= 4 is 28.9 Å². The summed E-state index contributed by atoms with van der Waals surface area (Å²) in [6, 6.07) is 15.4. The van der Waals surface area contributed by atoms with Gasteiger partial charge in [0.15, 0.2) is 0 Å². The van der Waals surface area contributed by atoms with Crippen molar-refractivity contribution in [3.63, 3.8) is 0 Å². The van der Waals surface area contributed by atoms with E-state index in [0.29, 0.717) is 11.6 Å². The third-order valence-corrected chi connectivity index (χ3v) is 4.51. The van der Waals surface area contributed by atoms with Crippen molar-refractivity contribution in [1.82, 2.24) is 9.97 Å². The van der Waals surface area contributed by atoms with Crippen LogP contribution in [0.5, 0.6) is 0 Å². The molecule has 3 aromatic rings. The van der Waals surface area contributed by atoms with E-state index in [-0.39, 0.29) is 5.91 Å². The number of benzene rings is 2. The van der Waals surface area contributed by atoms with E-state index in [1.165, 1.54) is 5.56 Å². The van der Waals surface area contributed by atoms with Crippen LogP contribution in [0.3, 0.4) is 0 Å². The summed E-state index contributed by atoms with van der Waals surface area (Å²) in [6.07, 6.45) is 2.48. The first-order valence-electron chi connectivity index (χ1n) is 9.25. The Hall–Kier alpha value is -3.41. The van der Waals surface area contributed by atoms with Crippen LogP contribution in [0, 0.1) is 6.92 Å². The van der Waals surface area contributed by atoms with Gasteiger partial charge in [-0.2, -0.15) is 0 Å². The molecule has 0 aliphatic heterocycles. The quantitative estimate of drug-likeness (QED) is 0.668. The van der Waals surface area contributed by atoms with E-state index in [4.69, 9.17) is 0 Å². The zero-order valence-electron chi connectivity index (χ0n) is 16.7. The molecule has 2 aromatic carbocycles. The highest BCUT2D eigenvalue weighted by Gasteiger charge is 2.11. The van der Waals surface area contributed by atoms with Crippen molar-refractivity contribution in [2.75, 3.05) is 29.6 Å². The first-order valence-corrected chi connectivity index (χ1v) is 9.25. The van der Waals surface area contributed by atoms with Crippen molar-refractivity contribution in [3.8, 4) is 0 Å². The van der Waals surface area contributed by atoms with Gasteiger partial charge in [-0.1, -0.05) is 25.1 Å². The monoisotopic (exact) mass is 375 g/mol. The molecule has 0 unspecified atom stereocenters. The number of nitrogens with one attached hydrogen (secondary N) is 2. The van der Waals surface area contributed by atoms with Gasteiger partial charge in [-0.25, -0.2) is 9.97 Å². The highest BCUT2D eigenvalue weighted by molar-refractivity contribution is 6.03. The van der Waals surface area contributed by atoms with E-state index in [0.717, 1.165) is 29.0 Å². The predicted octanol–water partition coefficient (Wildman–Crippen LogP) is 4.41. The summed E-state index contributed by atoms with van der Waals surface area (Å²) in [5.74, 6) is 0.128. The third kappa shape index (κ3) is 4.46. The third-order valence-electron chi connectivity index (χ3n) is 4.51. The number of rotatable bonds is 6. The summed E-state index contributed by atoms with van der Waals surface area (Å²) < 4.78 is 0. The standard InChI is InChI=1S/C22H25N5O/c1-5-16-8-6-7-15(2)20(16)26-22-23-14-13-19(25-22)21(28)24-17-9-11-18(12-10-17)27(3)4/h6-14H,5H2,1-4H3,(H,24,28)(H,23,25,26). The van der Waals surface area contributed by atoms with Crippen LogP contribution in [0.2, 0.25) is 0 Å². The van der Waals surface area contributed by atoms with Crippen molar-refractivity contribution in [2.45, 2.75) is 20.3 Å². The molecular weight excluding hydrogens is 350 g/mol. The molecule has 1 heterocycles. The maximum absolute atomic E-state index is 12.6. The van der Waals surface area contributed by atoms with Crippen LogP contribution in [-0.2, 0) is 6.42 Å². The first kappa shape index (κ1) is 19.4. The lowest BCUT2D eigenvalue weighted by Crippen LogP contribution is -2.15. The molecule has 6 heteroatoms. The minimum absolute atomic E-state index is 0.274. The normalized spacial score (nSPS) is 10.4. The van der Waals surface area contributed by atoms with Crippen LogP contribution >= 0.6 is 0 Å². The van der Waals surface area contributed by atoms with Crippen LogP contribution in [-0.4, -0.2) is 30.0 Å². The maximum Gasteiger partial charge on any atom is 0.274 e. The molecule has 28 heavy (non-hydrogen) atoms. The fourth-order valence-electron chi connectivity index (χ4n) is 2.90. The highest BCUT2D eigenvalue weighted by Crippen LogP contribution is 2.24. The van der Waals surface area contributed by atoms with Gasteiger partial charge in [-0.05, 0) is 54.8 Å². The number of aryl methyl sites for hydroxylation is 2. The van der Waals surface area contributed by atoms with E-state index < -0.39 is 0 Å². The van der Waals surface area contributed by atoms with Gasteiger partial charge in [0.25, 0.3) is 5.91 Å². The molecule has 0 atom stereocenters. The smallest absolute Gasteiger partial charge is 0.274 e. The van der Waals surface area contributed by atoms with Crippen molar-refractivity contribution in [3.05, 3.63) is 71.5 Å². The van der Waals surface area contributed by atoms with E-state index >= 15 is 0 Å². The van der Waals surface area contributed by atoms with E-state index in [1.807, 2.05) is 62.3 Å². The summed E-state index contributed by atoms with van der Waals surface area (Å²) in [6.45, 7) is 4.14. The van der Waals surface area contributed by atoms with Crippen LogP contribution in [0.25, 0.3) is 0 Å². The van der Waals surface area contributed by atoms with Crippen molar-refractivity contribution in [1.29, 1.82) is 0 Å². The maximum atomic E-state index is 12.6. The Morgan fingerprint density at radius 1 is 1.07 bits per heavy atom. The number of amides is 1. The molecule has 1 aromatic heterocycles. The molecular formula is C22H25N5O. The molecule has 0 fully saturated rings. The number of hydrogen-bond acceptors (Lipinski definition) is 5.